The van der Waals surface area contributed by atoms with Gasteiger partial charge in [0.25, 0.3) is 0 Å². The number of hydrogen-bond donors (Lipinski definition) is 0. The average molecular weight is 120 g/mol. The molecule has 0 spiro atoms. The fraction of sp³-hybridized carbons (Fsp3) is 0.778. The van der Waals surface area contributed by atoms with Gasteiger partial charge < -0.3 is 0 Å². The van der Waals surface area contributed by atoms with Gasteiger partial charge in [0.2, 0.25) is 0 Å². The molecule has 0 aliphatic heterocycles. The van der Waals surface area contributed by atoms with Gasteiger partial charge in [0.15, 0.2) is 0 Å². The molecule has 0 N–H and O–H groups in total. The van der Waals surface area contributed by atoms with Gasteiger partial charge in [-0.25, -0.2) is 0 Å². The van der Waals surface area contributed by atoms with Gasteiger partial charge >= 0.3 is 0 Å². The van der Waals surface area contributed by atoms with Crippen molar-refractivity contribution in [1.29, 1.82) is 0 Å². The van der Waals surface area contributed by atoms with Crippen molar-refractivity contribution in [2.45, 2.75) is 32.1 Å². The maximum atomic E-state index is 1.89. The molecule has 0 bridgehead atoms. The van der Waals surface area contributed by atoms with Crippen molar-refractivity contribution < 1.29 is 0 Å². The van der Waals surface area contributed by atoms with Crippen LogP contribution in [0.3, 0.4) is 0 Å². The minimum absolute atomic E-state index is 1.11. The van der Waals surface area contributed by atoms with Crippen LogP contribution >= 0.6 is 0 Å². The van der Waals surface area contributed by atoms with Gasteiger partial charge in [-0.05, 0) is 43.9 Å². The third kappa shape index (κ3) is 0.357. The zero-order chi connectivity index (χ0) is 5.84. The molecule has 48 valence electrons. The lowest BCUT2D eigenvalue weighted by atomic mass is 9.57. The van der Waals surface area contributed by atoms with Gasteiger partial charge in [0.1, 0.15) is 0 Å². The van der Waals surface area contributed by atoms with E-state index in [-0.39, 0.29) is 0 Å². The van der Waals surface area contributed by atoms with E-state index in [1.54, 1.807) is 0 Å². The van der Waals surface area contributed by atoms with Crippen LogP contribution in [0.5, 0.6) is 0 Å². The summed E-state index contributed by atoms with van der Waals surface area (Å²) in [4.78, 5) is 0. The summed E-state index contributed by atoms with van der Waals surface area (Å²) in [7, 11) is 0. The van der Waals surface area contributed by atoms with E-state index >= 15 is 0 Å². The third-order valence-corrected chi connectivity index (χ3v) is 3.47. The second-order valence-corrected chi connectivity index (χ2v) is 3.69. The predicted octanol–water partition coefficient (Wildman–Crippen LogP) is 2.51. The SMILES string of the molecule is C1CC2=C(C1)C1CCC21. The molecule has 1 saturated carbocycles. The zero-order valence-corrected chi connectivity index (χ0v) is 5.69. The zero-order valence-electron chi connectivity index (χ0n) is 5.69. The summed E-state index contributed by atoms with van der Waals surface area (Å²) < 4.78 is 0. The number of hydrogen-bond acceptors (Lipinski definition) is 0. The highest BCUT2D eigenvalue weighted by Gasteiger charge is 2.47. The summed E-state index contributed by atoms with van der Waals surface area (Å²) in [5.74, 6) is 2.23. The van der Waals surface area contributed by atoms with Gasteiger partial charge in [-0.3, -0.25) is 0 Å². The molecule has 0 aromatic heterocycles. The van der Waals surface area contributed by atoms with Gasteiger partial charge in [0.05, 0.1) is 0 Å². The lowest BCUT2D eigenvalue weighted by molar-refractivity contribution is 0.204. The molecular weight excluding hydrogens is 108 g/mol. The normalized spacial score (nSPS) is 45.3. The van der Waals surface area contributed by atoms with Crippen LogP contribution in [-0.4, -0.2) is 0 Å². The van der Waals surface area contributed by atoms with E-state index < -0.39 is 0 Å². The van der Waals surface area contributed by atoms with Crippen LogP contribution in [0.25, 0.3) is 0 Å². The van der Waals surface area contributed by atoms with E-state index in [9.17, 15) is 0 Å². The molecule has 0 nitrogen and oxygen atoms in total. The van der Waals surface area contributed by atoms with Crippen molar-refractivity contribution in [2.75, 3.05) is 0 Å². The van der Waals surface area contributed by atoms with Crippen molar-refractivity contribution in [3.8, 4) is 0 Å². The highest BCUT2D eigenvalue weighted by molar-refractivity contribution is 5.39. The van der Waals surface area contributed by atoms with E-state index in [4.69, 9.17) is 0 Å². The lowest BCUT2D eigenvalue weighted by Gasteiger charge is -2.48. The molecular formula is C9H12. The minimum atomic E-state index is 1.11. The predicted molar refractivity (Wildman–Crippen MR) is 37.1 cm³/mol. The van der Waals surface area contributed by atoms with Crippen LogP contribution in [0.4, 0.5) is 0 Å². The first-order chi connectivity index (χ1) is 4.47. The topological polar surface area (TPSA) is 0 Å². The molecule has 0 amide bonds. The molecule has 0 radical (unpaired) electrons. The molecule has 3 rings (SSSR count). The Morgan fingerprint density at radius 2 is 1.44 bits per heavy atom. The maximum absolute atomic E-state index is 1.89. The van der Waals surface area contributed by atoms with Gasteiger partial charge in [0, 0.05) is 0 Å². The van der Waals surface area contributed by atoms with Crippen LogP contribution in [0.1, 0.15) is 32.1 Å². The van der Waals surface area contributed by atoms with Crippen LogP contribution in [-0.2, 0) is 0 Å². The summed E-state index contributed by atoms with van der Waals surface area (Å²) in [6.07, 6.45) is 7.48. The molecule has 0 aromatic carbocycles. The van der Waals surface area contributed by atoms with Crippen molar-refractivity contribution in [1.82, 2.24) is 0 Å². The van der Waals surface area contributed by atoms with Crippen molar-refractivity contribution in [2.24, 2.45) is 11.8 Å². The second kappa shape index (κ2) is 1.25. The maximum Gasteiger partial charge on any atom is -0.0134 e. The Balaban J connectivity index is 2.03. The number of fused-ring (bicyclic) bond motifs is 3. The highest BCUT2D eigenvalue weighted by Crippen LogP contribution is 2.59. The molecule has 2 atom stereocenters. The molecule has 0 heterocycles. The van der Waals surface area contributed by atoms with Crippen molar-refractivity contribution in [3.05, 3.63) is 11.1 Å². The molecule has 2 unspecified atom stereocenters. The van der Waals surface area contributed by atoms with Crippen LogP contribution in [0.2, 0.25) is 0 Å². The second-order valence-electron chi connectivity index (χ2n) is 3.69. The van der Waals surface area contributed by atoms with Crippen molar-refractivity contribution in [3.63, 3.8) is 0 Å². The van der Waals surface area contributed by atoms with E-state index in [2.05, 4.69) is 0 Å². The van der Waals surface area contributed by atoms with Crippen LogP contribution in [0, 0.1) is 11.8 Å². The summed E-state index contributed by atoms with van der Waals surface area (Å²) in [6, 6.07) is 0. The van der Waals surface area contributed by atoms with Gasteiger partial charge in [-0.1, -0.05) is 11.1 Å². The van der Waals surface area contributed by atoms with Crippen molar-refractivity contribution >= 4 is 0 Å². The largest absolute Gasteiger partial charge is 0.0670 e. The number of allylic oxidation sites excluding steroid dienone is 2. The molecule has 1 fully saturated rings. The van der Waals surface area contributed by atoms with Crippen LogP contribution < -0.4 is 0 Å². The molecule has 0 aromatic rings. The molecule has 0 heteroatoms. The molecule has 0 saturated heterocycles. The monoisotopic (exact) mass is 120 g/mol. The first-order valence-electron chi connectivity index (χ1n) is 4.18. The Morgan fingerprint density at radius 3 is 1.89 bits per heavy atom. The smallest absolute Gasteiger partial charge is 0.0134 e. The summed E-state index contributed by atoms with van der Waals surface area (Å²) in [5.41, 5.74) is 3.79. The molecule has 3 aliphatic rings. The third-order valence-electron chi connectivity index (χ3n) is 3.47. The Bertz CT molecular complexity index is 168. The first-order valence-corrected chi connectivity index (χ1v) is 4.18. The van der Waals surface area contributed by atoms with Gasteiger partial charge in [-0.15, -0.1) is 0 Å². The van der Waals surface area contributed by atoms with E-state index in [1.807, 2.05) is 11.1 Å². The summed E-state index contributed by atoms with van der Waals surface area (Å²) >= 11 is 0. The minimum Gasteiger partial charge on any atom is -0.0670 e. The van der Waals surface area contributed by atoms with Gasteiger partial charge in [-0.2, -0.15) is 0 Å². The molecule has 9 heavy (non-hydrogen) atoms. The fourth-order valence-corrected chi connectivity index (χ4v) is 2.88. The number of rotatable bonds is 0. The summed E-state index contributed by atoms with van der Waals surface area (Å²) in [5, 5.41) is 0. The van der Waals surface area contributed by atoms with Crippen LogP contribution in [0.15, 0.2) is 11.1 Å². The average Bonchev–Trinajstić information content (AvgIpc) is 2.13. The molecule has 3 aliphatic carbocycles. The lowest BCUT2D eigenvalue weighted by Crippen LogP contribution is -2.37. The standard InChI is InChI=1S/C9H12/c1-2-6-7(3-1)9-5-4-8(6)9/h8-9H,1-5H2. The quantitative estimate of drug-likeness (QED) is 0.431. The fourth-order valence-electron chi connectivity index (χ4n) is 2.88. The Labute approximate surface area is 56.0 Å². The first kappa shape index (κ1) is 4.54. The Hall–Kier alpha value is -0.260. The van der Waals surface area contributed by atoms with E-state index in [0.717, 1.165) is 11.8 Å². The summed E-state index contributed by atoms with van der Waals surface area (Å²) in [6.45, 7) is 0. The van der Waals surface area contributed by atoms with E-state index in [0.29, 0.717) is 0 Å². The Morgan fingerprint density at radius 1 is 0.889 bits per heavy atom. The highest BCUT2D eigenvalue weighted by atomic mass is 14.5. The van der Waals surface area contributed by atoms with E-state index in [1.165, 1.54) is 32.1 Å². The Kier molecular flexibility index (Phi) is 0.633.